The molecular weight excluding hydrogens is 412 g/mol. The summed E-state index contributed by atoms with van der Waals surface area (Å²) < 4.78 is 7.70. The van der Waals surface area contributed by atoms with E-state index in [1.165, 1.54) is 0 Å². The van der Waals surface area contributed by atoms with Crippen LogP contribution in [0.4, 0.5) is 11.4 Å². The number of ether oxygens (including phenoxy) is 1. The molecule has 1 aromatic heterocycles. The van der Waals surface area contributed by atoms with Gasteiger partial charge in [-0.2, -0.15) is 5.10 Å². The molecule has 6 nitrogen and oxygen atoms in total. The van der Waals surface area contributed by atoms with Gasteiger partial charge < -0.3 is 15.8 Å². The van der Waals surface area contributed by atoms with Crippen LogP contribution in [0.25, 0.3) is 21.9 Å². The van der Waals surface area contributed by atoms with Crippen LogP contribution in [0.5, 0.6) is 0 Å². The maximum absolute atomic E-state index is 12.4. The first kappa shape index (κ1) is 21.2. The van der Waals surface area contributed by atoms with Gasteiger partial charge in [-0.1, -0.05) is 49.4 Å². The summed E-state index contributed by atoms with van der Waals surface area (Å²) in [7, 11) is 0. The average molecular weight is 441 g/mol. The number of nitrogens with one attached hydrogen (secondary N) is 1. The highest BCUT2D eigenvalue weighted by Crippen LogP contribution is 2.36. The van der Waals surface area contributed by atoms with E-state index in [-0.39, 0.29) is 6.23 Å². The van der Waals surface area contributed by atoms with Crippen molar-refractivity contribution in [3.8, 4) is 11.1 Å². The number of anilines is 2. The highest BCUT2D eigenvalue weighted by molar-refractivity contribution is 6.02. The van der Waals surface area contributed by atoms with Gasteiger partial charge in [0.15, 0.2) is 0 Å². The van der Waals surface area contributed by atoms with Crippen molar-refractivity contribution < 1.29 is 9.53 Å². The van der Waals surface area contributed by atoms with Crippen molar-refractivity contribution in [2.45, 2.75) is 38.8 Å². The molecule has 1 atom stereocenters. The van der Waals surface area contributed by atoms with Crippen LogP contribution in [0, 0.1) is 0 Å². The Morgan fingerprint density at radius 2 is 1.97 bits per heavy atom. The first-order chi connectivity index (χ1) is 16.1. The van der Waals surface area contributed by atoms with Gasteiger partial charge in [0, 0.05) is 17.9 Å². The first-order valence-corrected chi connectivity index (χ1v) is 11.5. The lowest BCUT2D eigenvalue weighted by molar-refractivity contribution is -0.0394. The Balaban J connectivity index is 1.57. The van der Waals surface area contributed by atoms with Crippen LogP contribution >= 0.6 is 0 Å². The normalized spacial score (nSPS) is 16.1. The Morgan fingerprint density at radius 1 is 1.12 bits per heavy atom. The van der Waals surface area contributed by atoms with Gasteiger partial charge in [-0.15, -0.1) is 0 Å². The van der Waals surface area contributed by atoms with E-state index < -0.39 is 5.91 Å². The molecule has 0 spiro atoms. The van der Waals surface area contributed by atoms with Gasteiger partial charge in [0.1, 0.15) is 6.23 Å². The molecule has 3 aromatic carbocycles. The molecule has 4 aromatic rings. The predicted molar refractivity (Wildman–Crippen MR) is 132 cm³/mol. The topological polar surface area (TPSA) is 82.2 Å². The summed E-state index contributed by atoms with van der Waals surface area (Å²) in [4.78, 5) is 12.4. The van der Waals surface area contributed by atoms with E-state index in [1.807, 2.05) is 29.1 Å². The van der Waals surface area contributed by atoms with Gasteiger partial charge in [0.2, 0.25) is 5.91 Å². The molecule has 0 aliphatic carbocycles. The van der Waals surface area contributed by atoms with Crippen molar-refractivity contribution >= 4 is 28.1 Å². The Bertz CT molecular complexity index is 1300. The van der Waals surface area contributed by atoms with Crippen molar-refractivity contribution in [3.05, 3.63) is 78.1 Å². The minimum atomic E-state index is -0.428. The number of nitrogens with two attached hydrogens (primary N) is 1. The number of aromatic nitrogens is 2. The van der Waals surface area contributed by atoms with E-state index >= 15 is 0 Å². The summed E-state index contributed by atoms with van der Waals surface area (Å²) in [5, 5.41) is 10.2. The van der Waals surface area contributed by atoms with Crippen molar-refractivity contribution in [1.29, 1.82) is 0 Å². The quantitative estimate of drug-likeness (QED) is 0.396. The van der Waals surface area contributed by atoms with Crippen LogP contribution < -0.4 is 11.1 Å². The zero-order chi connectivity index (χ0) is 22.8. The molecule has 1 fully saturated rings. The third kappa shape index (κ3) is 4.22. The largest absolute Gasteiger partial charge is 0.366 e. The highest BCUT2D eigenvalue weighted by atomic mass is 16.5. The van der Waals surface area contributed by atoms with Crippen molar-refractivity contribution in [2.75, 3.05) is 11.9 Å². The lowest BCUT2D eigenvalue weighted by Gasteiger charge is -2.22. The van der Waals surface area contributed by atoms with Crippen LogP contribution in [0.2, 0.25) is 0 Å². The van der Waals surface area contributed by atoms with Crippen LogP contribution in [0.3, 0.4) is 0 Å². The molecule has 1 aliphatic rings. The fraction of sp³-hybridized carbons (Fsp3) is 0.259. The molecule has 2 heterocycles. The summed E-state index contributed by atoms with van der Waals surface area (Å²) >= 11 is 0. The molecule has 0 bridgehead atoms. The number of nitrogens with zero attached hydrogens (tertiary/aromatic N) is 2. The van der Waals surface area contributed by atoms with Crippen LogP contribution in [0.15, 0.2) is 67.0 Å². The molecule has 1 amide bonds. The number of amides is 1. The second-order valence-electron chi connectivity index (χ2n) is 8.45. The summed E-state index contributed by atoms with van der Waals surface area (Å²) in [6.45, 7) is 2.82. The van der Waals surface area contributed by atoms with Crippen LogP contribution in [-0.4, -0.2) is 22.3 Å². The Kier molecular flexibility index (Phi) is 5.84. The Hall–Kier alpha value is -3.64. The molecule has 0 radical (unpaired) electrons. The monoisotopic (exact) mass is 440 g/mol. The summed E-state index contributed by atoms with van der Waals surface area (Å²) in [6.07, 6.45) is 7.61. The predicted octanol–water partition coefficient (Wildman–Crippen LogP) is 5.81. The molecule has 1 aliphatic heterocycles. The summed E-state index contributed by atoms with van der Waals surface area (Å²) in [6, 6.07) is 18.5. The number of fused-ring (bicyclic) bond motifs is 1. The lowest BCUT2D eigenvalue weighted by Crippen LogP contribution is -2.18. The number of carbonyl (C=O) groups excluding carboxylic acids is 1. The highest BCUT2D eigenvalue weighted by Gasteiger charge is 2.19. The number of hydrogen-bond donors (Lipinski definition) is 2. The second kappa shape index (κ2) is 9.08. The molecule has 1 unspecified atom stereocenters. The first-order valence-electron chi connectivity index (χ1n) is 11.5. The minimum absolute atomic E-state index is 0.0239. The van der Waals surface area contributed by atoms with Gasteiger partial charge in [-0.05, 0) is 65.3 Å². The second-order valence-corrected chi connectivity index (χ2v) is 8.45. The van der Waals surface area contributed by atoms with E-state index in [0.29, 0.717) is 12.0 Å². The van der Waals surface area contributed by atoms with Crippen molar-refractivity contribution in [1.82, 2.24) is 9.78 Å². The molecule has 33 heavy (non-hydrogen) atoms. The number of rotatable bonds is 6. The van der Waals surface area contributed by atoms with Gasteiger partial charge in [-0.25, -0.2) is 4.68 Å². The van der Waals surface area contributed by atoms with E-state index in [2.05, 4.69) is 53.7 Å². The molecule has 5 rings (SSSR count). The van der Waals surface area contributed by atoms with E-state index in [4.69, 9.17) is 10.5 Å². The molecular formula is C27H28N4O2. The smallest absolute Gasteiger partial charge is 0.249 e. The Morgan fingerprint density at radius 3 is 2.76 bits per heavy atom. The maximum atomic E-state index is 12.4. The van der Waals surface area contributed by atoms with E-state index in [0.717, 1.165) is 64.7 Å². The van der Waals surface area contributed by atoms with Crippen molar-refractivity contribution in [3.63, 3.8) is 0 Å². The summed E-state index contributed by atoms with van der Waals surface area (Å²) in [5.74, 6) is -0.428. The standard InChI is InChI=1S/C27H28N4O2/c1-2-21-24(23-11-7-9-18-8-3-4-10-22(18)23)14-19(15-25(21)27(28)32)30-20-16-29-31(17-20)26-12-5-6-13-33-26/h3-4,7-11,14-17,26,30H,2,5-6,12-13H2,1H3,(H2,28,32). The average Bonchev–Trinajstić information content (AvgIpc) is 3.32. The number of benzene rings is 3. The van der Waals surface area contributed by atoms with Gasteiger partial charge in [0.25, 0.3) is 0 Å². The lowest BCUT2D eigenvalue weighted by atomic mass is 9.90. The van der Waals surface area contributed by atoms with Crippen molar-refractivity contribution in [2.24, 2.45) is 5.73 Å². The zero-order valence-corrected chi connectivity index (χ0v) is 18.8. The van der Waals surface area contributed by atoms with E-state index in [9.17, 15) is 4.79 Å². The third-order valence-electron chi connectivity index (χ3n) is 6.29. The number of primary amides is 1. The SMILES string of the molecule is CCc1c(C(N)=O)cc(Nc2cnn(C3CCCCO3)c2)cc1-c1cccc2ccccc12. The molecule has 168 valence electrons. The fourth-order valence-electron chi connectivity index (χ4n) is 4.70. The van der Waals surface area contributed by atoms with Gasteiger partial charge >= 0.3 is 0 Å². The molecule has 3 N–H and O–H groups in total. The van der Waals surface area contributed by atoms with Crippen LogP contribution in [0.1, 0.15) is 48.3 Å². The van der Waals surface area contributed by atoms with E-state index in [1.54, 1.807) is 6.20 Å². The maximum Gasteiger partial charge on any atom is 0.249 e. The van der Waals surface area contributed by atoms with Gasteiger partial charge in [-0.3, -0.25) is 4.79 Å². The number of carbonyl (C=O) groups is 1. The molecule has 0 saturated carbocycles. The molecule has 1 saturated heterocycles. The Labute approximate surface area is 193 Å². The van der Waals surface area contributed by atoms with Crippen LogP contribution in [-0.2, 0) is 11.2 Å². The van der Waals surface area contributed by atoms with Gasteiger partial charge in [0.05, 0.1) is 18.1 Å². The third-order valence-corrected chi connectivity index (χ3v) is 6.29. The molecule has 6 heteroatoms. The summed E-state index contributed by atoms with van der Waals surface area (Å²) in [5.41, 5.74) is 11.0. The fourth-order valence-corrected chi connectivity index (χ4v) is 4.70. The zero-order valence-electron chi connectivity index (χ0n) is 18.8. The number of hydrogen-bond acceptors (Lipinski definition) is 4. The minimum Gasteiger partial charge on any atom is -0.366 e.